The zero-order chi connectivity index (χ0) is 15.9. The predicted molar refractivity (Wildman–Crippen MR) is 81.8 cm³/mol. The maximum Gasteiger partial charge on any atom is 0.320 e. The van der Waals surface area contributed by atoms with Gasteiger partial charge in [0.25, 0.3) is 0 Å². The second-order valence-electron chi connectivity index (χ2n) is 5.43. The molecule has 1 aliphatic rings. The van der Waals surface area contributed by atoms with Gasteiger partial charge in [0.2, 0.25) is 5.91 Å². The molecular weight excluding hydrogens is 284 g/mol. The smallest absolute Gasteiger partial charge is 0.320 e. The number of para-hydroxylation sites is 1. The van der Waals surface area contributed by atoms with Crippen LogP contribution in [-0.4, -0.2) is 53.7 Å². The van der Waals surface area contributed by atoms with Crippen LogP contribution in [0.3, 0.4) is 0 Å². The lowest BCUT2D eigenvalue weighted by Gasteiger charge is -2.25. The van der Waals surface area contributed by atoms with E-state index in [1.54, 1.807) is 11.8 Å². The molecule has 0 spiro atoms. The van der Waals surface area contributed by atoms with Crippen molar-refractivity contribution in [1.82, 2.24) is 10.2 Å². The summed E-state index contributed by atoms with van der Waals surface area (Å²) in [4.78, 5) is 24.7. The van der Waals surface area contributed by atoms with E-state index in [4.69, 9.17) is 9.84 Å². The van der Waals surface area contributed by atoms with Crippen molar-refractivity contribution >= 4 is 11.9 Å². The molecule has 1 aromatic rings. The number of nitrogens with zero attached hydrogens (tertiary/aromatic N) is 1. The van der Waals surface area contributed by atoms with Gasteiger partial charge in [0, 0.05) is 6.04 Å². The van der Waals surface area contributed by atoms with Crippen LogP contribution in [0.25, 0.3) is 0 Å². The molecule has 0 aliphatic heterocycles. The molecule has 0 saturated heterocycles. The number of rotatable bonds is 9. The Kier molecular flexibility index (Phi) is 5.77. The second-order valence-corrected chi connectivity index (χ2v) is 5.43. The Morgan fingerprint density at radius 1 is 1.36 bits per heavy atom. The number of ether oxygens (including phenoxy) is 1. The Bertz CT molecular complexity index is 502. The van der Waals surface area contributed by atoms with Crippen LogP contribution in [0.2, 0.25) is 0 Å². The highest BCUT2D eigenvalue weighted by Crippen LogP contribution is 2.28. The van der Waals surface area contributed by atoms with Gasteiger partial charge in [-0.1, -0.05) is 18.2 Å². The maximum absolute atomic E-state index is 11.9. The van der Waals surface area contributed by atoms with Crippen LogP contribution in [0, 0.1) is 0 Å². The van der Waals surface area contributed by atoms with Crippen molar-refractivity contribution in [1.29, 1.82) is 0 Å². The maximum atomic E-state index is 11.9. The van der Waals surface area contributed by atoms with Crippen molar-refractivity contribution in [2.75, 3.05) is 19.7 Å². The third-order valence-corrected chi connectivity index (χ3v) is 3.63. The van der Waals surface area contributed by atoms with Crippen LogP contribution >= 0.6 is 0 Å². The molecule has 1 amide bonds. The number of carbonyl (C=O) groups excluding carboxylic acids is 1. The summed E-state index contributed by atoms with van der Waals surface area (Å²) in [7, 11) is 0. The van der Waals surface area contributed by atoms with Crippen LogP contribution in [0.5, 0.6) is 5.75 Å². The van der Waals surface area contributed by atoms with E-state index in [1.165, 1.54) is 0 Å². The second kappa shape index (κ2) is 7.79. The lowest BCUT2D eigenvalue weighted by Crippen LogP contribution is -2.46. The SMILES string of the molecule is CC(C(=O)O)N(CC(=O)NCCOc1ccccc1)C1CC1. The zero-order valence-corrected chi connectivity index (χ0v) is 12.7. The summed E-state index contributed by atoms with van der Waals surface area (Å²) < 4.78 is 5.48. The third kappa shape index (κ3) is 5.04. The summed E-state index contributed by atoms with van der Waals surface area (Å²) in [5.74, 6) is -0.306. The highest BCUT2D eigenvalue weighted by molar-refractivity contribution is 5.79. The first-order valence-corrected chi connectivity index (χ1v) is 7.51. The molecule has 1 saturated carbocycles. The molecule has 0 bridgehead atoms. The quantitative estimate of drug-likeness (QED) is 0.668. The predicted octanol–water partition coefficient (Wildman–Crippen LogP) is 1.12. The minimum absolute atomic E-state index is 0.115. The normalized spacial score (nSPS) is 15.4. The first-order chi connectivity index (χ1) is 10.6. The monoisotopic (exact) mass is 306 g/mol. The van der Waals surface area contributed by atoms with E-state index in [0.717, 1.165) is 18.6 Å². The number of aliphatic carboxylic acids is 1. The van der Waals surface area contributed by atoms with Crippen LogP contribution in [-0.2, 0) is 9.59 Å². The summed E-state index contributed by atoms with van der Waals surface area (Å²) in [6, 6.07) is 8.96. The van der Waals surface area contributed by atoms with Gasteiger partial charge in [-0.15, -0.1) is 0 Å². The number of hydrogen-bond donors (Lipinski definition) is 2. The van der Waals surface area contributed by atoms with Crippen LogP contribution in [0.4, 0.5) is 0 Å². The van der Waals surface area contributed by atoms with Gasteiger partial charge in [0.15, 0.2) is 0 Å². The minimum Gasteiger partial charge on any atom is -0.492 e. The Morgan fingerprint density at radius 2 is 2.05 bits per heavy atom. The van der Waals surface area contributed by atoms with E-state index in [1.807, 2.05) is 30.3 Å². The molecule has 120 valence electrons. The van der Waals surface area contributed by atoms with E-state index in [0.29, 0.717) is 13.2 Å². The number of carboxylic acids is 1. The Morgan fingerprint density at radius 3 is 2.64 bits per heavy atom. The summed E-state index contributed by atoms with van der Waals surface area (Å²) in [5.41, 5.74) is 0. The van der Waals surface area contributed by atoms with E-state index >= 15 is 0 Å². The van der Waals surface area contributed by atoms with E-state index in [-0.39, 0.29) is 18.5 Å². The summed E-state index contributed by atoms with van der Waals surface area (Å²) in [6.45, 7) is 2.51. The summed E-state index contributed by atoms with van der Waals surface area (Å²) in [6.07, 6.45) is 1.92. The van der Waals surface area contributed by atoms with Crippen LogP contribution in [0.1, 0.15) is 19.8 Å². The van der Waals surface area contributed by atoms with Crippen molar-refractivity contribution < 1.29 is 19.4 Å². The van der Waals surface area contributed by atoms with Crippen molar-refractivity contribution in [3.05, 3.63) is 30.3 Å². The van der Waals surface area contributed by atoms with Crippen LogP contribution < -0.4 is 10.1 Å². The van der Waals surface area contributed by atoms with E-state index in [9.17, 15) is 9.59 Å². The van der Waals surface area contributed by atoms with Gasteiger partial charge in [-0.05, 0) is 31.9 Å². The topological polar surface area (TPSA) is 78.9 Å². The summed E-state index contributed by atoms with van der Waals surface area (Å²) in [5, 5.41) is 11.9. The number of carbonyl (C=O) groups is 2. The van der Waals surface area contributed by atoms with E-state index < -0.39 is 12.0 Å². The van der Waals surface area contributed by atoms with Crippen molar-refractivity contribution in [3.63, 3.8) is 0 Å². The largest absolute Gasteiger partial charge is 0.492 e. The molecule has 2 N–H and O–H groups in total. The number of nitrogens with one attached hydrogen (secondary N) is 1. The lowest BCUT2D eigenvalue weighted by atomic mass is 10.2. The van der Waals surface area contributed by atoms with Gasteiger partial charge in [0.1, 0.15) is 18.4 Å². The molecule has 1 unspecified atom stereocenters. The highest BCUT2D eigenvalue weighted by atomic mass is 16.5. The van der Waals surface area contributed by atoms with Crippen molar-refractivity contribution in [2.45, 2.75) is 31.8 Å². The fraction of sp³-hybridized carbons (Fsp3) is 0.500. The molecular formula is C16H22N2O4. The fourth-order valence-electron chi connectivity index (χ4n) is 2.23. The van der Waals surface area contributed by atoms with Gasteiger partial charge in [0.05, 0.1) is 13.1 Å². The number of carboxylic acid groups (broad SMARTS) is 1. The average molecular weight is 306 g/mol. The third-order valence-electron chi connectivity index (χ3n) is 3.63. The zero-order valence-electron chi connectivity index (χ0n) is 12.7. The molecule has 1 fully saturated rings. The summed E-state index contributed by atoms with van der Waals surface area (Å²) >= 11 is 0. The number of amides is 1. The first-order valence-electron chi connectivity index (χ1n) is 7.51. The van der Waals surface area contributed by atoms with Gasteiger partial charge in [-0.25, -0.2) is 0 Å². The molecule has 0 radical (unpaired) electrons. The van der Waals surface area contributed by atoms with Gasteiger partial charge in [-0.3, -0.25) is 14.5 Å². The molecule has 1 aliphatic carbocycles. The van der Waals surface area contributed by atoms with Gasteiger partial charge >= 0.3 is 5.97 Å². The molecule has 6 heteroatoms. The molecule has 0 aromatic heterocycles. The Balaban J connectivity index is 1.69. The minimum atomic E-state index is -0.896. The van der Waals surface area contributed by atoms with Crippen molar-refractivity contribution in [2.24, 2.45) is 0 Å². The number of benzene rings is 1. The van der Waals surface area contributed by atoms with Crippen molar-refractivity contribution in [3.8, 4) is 5.75 Å². The molecule has 1 aromatic carbocycles. The first kappa shape index (κ1) is 16.3. The molecule has 2 rings (SSSR count). The van der Waals surface area contributed by atoms with Crippen LogP contribution in [0.15, 0.2) is 30.3 Å². The standard InChI is InChI=1S/C16H22N2O4/c1-12(16(20)21)18(13-7-8-13)11-15(19)17-9-10-22-14-5-3-2-4-6-14/h2-6,12-13H,7-11H2,1H3,(H,17,19)(H,20,21). The molecule has 6 nitrogen and oxygen atoms in total. The van der Waals surface area contributed by atoms with Gasteiger partial charge in [-0.2, -0.15) is 0 Å². The molecule has 1 atom stereocenters. The van der Waals surface area contributed by atoms with Gasteiger partial charge < -0.3 is 15.2 Å². The number of hydrogen-bond acceptors (Lipinski definition) is 4. The molecule has 0 heterocycles. The fourth-order valence-corrected chi connectivity index (χ4v) is 2.23. The Hall–Kier alpha value is -2.08. The highest BCUT2D eigenvalue weighted by Gasteiger charge is 2.35. The average Bonchev–Trinajstić information content (AvgIpc) is 3.34. The Labute approximate surface area is 130 Å². The molecule has 22 heavy (non-hydrogen) atoms. The lowest BCUT2D eigenvalue weighted by molar-refractivity contribution is -0.143. The van der Waals surface area contributed by atoms with E-state index in [2.05, 4.69) is 5.32 Å².